The molecule has 2 aromatic carbocycles. The largest absolute Gasteiger partial charge is 0.507 e. The summed E-state index contributed by atoms with van der Waals surface area (Å²) in [5, 5.41) is 11.6. The molecular weight excluding hydrogens is 540 g/mol. The molecule has 1 saturated heterocycles. The van der Waals surface area contributed by atoms with Crippen LogP contribution in [0.15, 0.2) is 54.1 Å². The van der Waals surface area contributed by atoms with Crippen LogP contribution < -0.4 is 9.64 Å². The average Bonchev–Trinajstić information content (AvgIpc) is 3.45. The predicted octanol–water partition coefficient (Wildman–Crippen LogP) is 6.73. The minimum atomic E-state index is -0.954. The van der Waals surface area contributed by atoms with E-state index < -0.39 is 23.7 Å². The molecule has 41 heavy (non-hydrogen) atoms. The molecule has 0 saturated carbocycles. The summed E-state index contributed by atoms with van der Waals surface area (Å²) in [5.41, 5.74) is 2.32. The number of ketones is 1. The Labute approximate surface area is 244 Å². The molecule has 0 spiro atoms. The van der Waals surface area contributed by atoms with Crippen LogP contribution >= 0.6 is 11.3 Å². The molecule has 1 aliphatic rings. The average molecular weight is 577 g/mol. The molecule has 216 valence electrons. The molecule has 2 heterocycles. The fourth-order valence-electron chi connectivity index (χ4n) is 4.58. The zero-order valence-electron chi connectivity index (χ0n) is 24.3. The summed E-state index contributed by atoms with van der Waals surface area (Å²) in [6.45, 7) is 12.5. The first-order chi connectivity index (χ1) is 19.5. The van der Waals surface area contributed by atoms with Gasteiger partial charge in [0.1, 0.15) is 16.4 Å². The molecule has 9 heteroatoms. The first-order valence-corrected chi connectivity index (χ1v) is 14.6. The molecular formula is C32H36N2O6S. The number of hydrogen-bond donors (Lipinski definition) is 1. The molecule has 1 aliphatic heterocycles. The van der Waals surface area contributed by atoms with Crippen LogP contribution in [-0.4, -0.2) is 41.0 Å². The van der Waals surface area contributed by atoms with Crippen LogP contribution in [0.5, 0.6) is 5.75 Å². The molecule has 1 N–H and O–H groups in total. The number of nitrogens with zero attached hydrogens (tertiary/aromatic N) is 2. The third-order valence-corrected chi connectivity index (χ3v) is 8.02. The number of unbranched alkanes of at least 4 members (excludes halogenated alkanes) is 1. The Morgan fingerprint density at radius 2 is 1.71 bits per heavy atom. The number of aliphatic hydroxyl groups excluding tert-OH is 1. The van der Waals surface area contributed by atoms with Crippen molar-refractivity contribution in [2.75, 3.05) is 18.1 Å². The highest BCUT2D eigenvalue weighted by atomic mass is 32.1. The number of aromatic nitrogens is 1. The number of carbonyl (C=O) groups is 3. The van der Waals surface area contributed by atoms with Crippen molar-refractivity contribution in [1.82, 2.24) is 4.98 Å². The summed E-state index contributed by atoms with van der Waals surface area (Å²) in [4.78, 5) is 45.6. The van der Waals surface area contributed by atoms with Gasteiger partial charge in [0.05, 0.1) is 30.5 Å². The van der Waals surface area contributed by atoms with E-state index in [-0.39, 0.29) is 33.4 Å². The van der Waals surface area contributed by atoms with Gasteiger partial charge in [0.25, 0.3) is 5.78 Å². The molecule has 1 atom stereocenters. The van der Waals surface area contributed by atoms with E-state index in [0.29, 0.717) is 29.2 Å². The fourth-order valence-corrected chi connectivity index (χ4v) is 5.57. The zero-order valence-corrected chi connectivity index (χ0v) is 25.1. The van der Waals surface area contributed by atoms with Gasteiger partial charge < -0.3 is 14.6 Å². The lowest BCUT2D eigenvalue weighted by Gasteiger charge is -2.24. The summed E-state index contributed by atoms with van der Waals surface area (Å²) in [7, 11) is 0. The molecule has 8 nitrogen and oxygen atoms in total. The van der Waals surface area contributed by atoms with Crippen molar-refractivity contribution in [2.24, 2.45) is 0 Å². The van der Waals surface area contributed by atoms with Crippen molar-refractivity contribution in [3.05, 3.63) is 81.4 Å². The lowest BCUT2D eigenvalue weighted by molar-refractivity contribution is -0.132. The lowest BCUT2D eigenvalue weighted by Crippen LogP contribution is -2.29. The van der Waals surface area contributed by atoms with Crippen LogP contribution in [0.3, 0.4) is 0 Å². The number of benzene rings is 2. The summed E-state index contributed by atoms with van der Waals surface area (Å²) < 4.78 is 10.9. The third kappa shape index (κ3) is 6.20. The second-order valence-corrected chi connectivity index (χ2v) is 11.9. The molecule has 0 aliphatic carbocycles. The van der Waals surface area contributed by atoms with E-state index in [9.17, 15) is 19.5 Å². The van der Waals surface area contributed by atoms with Gasteiger partial charge in [-0.15, -0.1) is 0 Å². The van der Waals surface area contributed by atoms with E-state index in [0.717, 1.165) is 29.7 Å². The molecule has 0 bridgehead atoms. The molecule has 4 rings (SSSR count). The van der Waals surface area contributed by atoms with E-state index in [1.54, 1.807) is 38.1 Å². The van der Waals surface area contributed by atoms with Gasteiger partial charge >= 0.3 is 11.9 Å². The van der Waals surface area contributed by atoms with Crippen LogP contribution in [0.2, 0.25) is 0 Å². The summed E-state index contributed by atoms with van der Waals surface area (Å²) >= 11 is 0.984. The van der Waals surface area contributed by atoms with Crippen LogP contribution in [0.25, 0.3) is 5.76 Å². The highest BCUT2D eigenvalue weighted by Crippen LogP contribution is 2.44. The summed E-state index contributed by atoms with van der Waals surface area (Å²) in [6, 6.07) is 13.4. The molecule has 0 radical (unpaired) electrons. The van der Waals surface area contributed by atoms with Crippen LogP contribution in [-0.2, 0) is 19.7 Å². The van der Waals surface area contributed by atoms with E-state index >= 15 is 0 Å². The smallest absolute Gasteiger partial charge is 0.350 e. The van der Waals surface area contributed by atoms with E-state index in [4.69, 9.17) is 9.47 Å². The van der Waals surface area contributed by atoms with E-state index in [2.05, 4.69) is 32.7 Å². The Bertz CT molecular complexity index is 1470. The highest BCUT2D eigenvalue weighted by Gasteiger charge is 2.48. The van der Waals surface area contributed by atoms with Gasteiger partial charge in [-0.2, -0.15) is 0 Å². The van der Waals surface area contributed by atoms with E-state index in [1.807, 2.05) is 24.3 Å². The first-order valence-electron chi connectivity index (χ1n) is 13.8. The first kappa shape index (κ1) is 30.0. The SMILES string of the molecule is CCCCOc1ccc(C(O)=C2C(=O)C(=O)N(c3nc(C)c(C(=O)OCC)s3)[C@@H]2c2ccc(C(C)(C)C)cc2)cc1. The second kappa shape index (κ2) is 12.3. The number of ether oxygens (including phenoxy) is 2. The third-order valence-electron chi connectivity index (χ3n) is 6.88. The maximum atomic E-state index is 13.5. The number of thiazole rings is 1. The number of rotatable bonds is 9. The Morgan fingerprint density at radius 1 is 1.05 bits per heavy atom. The number of anilines is 1. The van der Waals surface area contributed by atoms with Gasteiger partial charge in [-0.1, -0.05) is 69.7 Å². The van der Waals surface area contributed by atoms with Crippen LogP contribution in [0, 0.1) is 6.92 Å². The van der Waals surface area contributed by atoms with Crippen LogP contribution in [0.4, 0.5) is 5.13 Å². The summed E-state index contributed by atoms with van der Waals surface area (Å²) in [6.07, 6.45) is 1.93. The number of Topliss-reactive ketones (excluding diaryl/α,β-unsaturated/α-hetero) is 1. The second-order valence-electron chi connectivity index (χ2n) is 10.9. The standard InChI is InChI=1S/C32H36N2O6S/c1-7-9-18-40-23-16-12-21(13-17-23)26(35)24-25(20-10-14-22(15-11-20)32(4,5)6)34(29(37)27(24)36)31-33-19(3)28(41-31)30(38)39-8-2/h10-17,25,35H,7-9,18H2,1-6H3/t25-/m1/s1. The number of hydrogen-bond acceptors (Lipinski definition) is 8. The zero-order chi connectivity index (χ0) is 29.9. The van der Waals surface area contributed by atoms with Crippen molar-refractivity contribution in [3.63, 3.8) is 0 Å². The monoisotopic (exact) mass is 576 g/mol. The van der Waals surface area contributed by atoms with Gasteiger partial charge in [-0.05, 0) is 61.1 Å². The predicted molar refractivity (Wildman–Crippen MR) is 160 cm³/mol. The van der Waals surface area contributed by atoms with Crippen molar-refractivity contribution in [3.8, 4) is 5.75 Å². The number of aliphatic hydroxyl groups is 1. The molecule has 1 fully saturated rings. The summed E-state index contributed by atoms with van der Waals surface area (Å²) in [5.74, 6) is -1.86. The molecule has 0 unspecified atom stereocenters. The quantitative estimate of drug-likeness (QED) is 0.0990. The number of esters is 1. The minimum absolute atomic E-state index is 0.0521. The van der Waals surface area contributed by atoms with Crippen molar-refractivity contribution >= 4 is 39.9 Å². The van der Waals surface area contributed by atoms with Gasteiger partial charge in [0, 0.05) is 5.56 Å². The Kier molecular flexibility index (Phi) is 8.97. The van der Waals surface area contributed by atoms with Gasteiger partial charge in [0.2, 0.25) is 0 Å². The maximum Gasteiger partial charge on any atom is 0.350 e. The highest BCUT2D eigenvalue weighted by molar-refractivity contribution is 7.17. The lowest BCUT2D eigenvalue weighted by atomic mass is 9.85. The number of aryl methyl sites for hydroxylation is 1. The molecule has 1 aromatic heterocycles. The van der Waals surface area contributed by atoms with Gasteiger partial charge in [-0.25, -0.2) is 9.78 Å². The Morgan fingerprint density at radius 3 is 2.29 bits per heavy atom. The Hall–Kier alpha value is -3.98. The number of carbonyl (C=O) groups excluding carboxylic acids is 3. The fraction of sp³-hybridized carbons (Fsp3) is 0.375. The normalized spacial score (nSPS) is 16.7. The van der Waals surface area contributed by atoms with E-state index in [1.165, 1.54) is 4.90 Å². The molecule has 3 aromatic rings. The maximum absolute atomic E-state index is 13.5. The van der Waals surface area contributed by atoms with Crippen molar-refractivity contribution in [2.45, 2.75) is 65.8 Å². The van der Waals surface area contributed by atoms with Gasteiger partial charge in [0.15, 0.2) is 5.13 Å². The topological polar surface area (TPSA) is 106 Å². The Balaban J connectivity index is 1.83. The van der Waals surface area contributed by atoms with Crippen molar-refractivity contribution < 1.29 is 29.0 Å². The molecule has 1 amide bonds. The van der Waals surface area contributed by atoms with Crippen molar-refractivity contribution in [1.29, 1.82) is 0 Å². The van der Waals surface area contributed by atoms with Gasteiger partial charge in [-0.3, -0.25) is 14.5 Å². The minimum Gasteiger partial charge on any atom is -0.507 e. The number of amides is 1. The van der Waals surface area contributed by atoms with Crippen LogP contribution in [0.1, 0.15) is 85.6 Å².